The first-order chi connectivity index (χ1) is 28.0. The molecule has 3 amide bonds. The molecule has 13 nitrogen and oxygen atoms in total. The van der Waals surface area contributed by atoms with Gasteiger partial charge in [-0.1, -0.05) is 85.1 Å². The molecule has 320 valence electrons. The average Bonchev–Trinajstić information content (AvgIpc) is 3.17. The number of aryl methyl sites for hydroxylation is 1. The van der Waals surface area contributed by atoms with Crippen LogP contribution in [0.4, 0.5) is 10.6 Å². The van der Waals surface area contributed by atoms with E-state index in [-0.39, 0.29) is 24.3 Å². The summed E-state index contributed by atoms with van der Waals surface area (Å²) in [5.74, 6) is 1.56. The molecule has 0 bridgehead atoms. The number of aliphatic hydroxyl groups excluding tert-OH is 1. The predicted octanol–water partition coefficient (Wildman–Crippen LogP) is 7.97. The van der Waals surface area contributed by atoms with Crippen LogP contribution in [0, 0.1) is 12.8 Å². The van der Waals surface area contributed by atoms with E-state index < -0.39 is 35.8 Å². The standard InChI is InChI=1S/C45H61BrN6O7/c1-28(2)23-37(51-43(55)40(53)36(24-31-17-12-11-13-18-31)52-44(56)59-45(5,6)7)42(54)47-21-14-9-10-15-22-58-39-27-35-34(26-38(39)57-8)41(50-30(4)49-35)48-29(3)32-19-16-20-33(46)25-32/h11-13,16-20,25-29,36-37,40,53H,9-10,14-15,21-24H2,1-8H3,(H,47,54)(H,51,55)(H,52,56)(H,48,49,50)/t29-,36-,37+,40+/m1/s1. The number of anilines is 1. The number of fused-ring (bicyclic) bond motifs is 1. The van der Waals surface area contributed by atoms with Crippen LogP contribution in [0.1, 0.15) is 96.6 Å². The molecular weight excluding hydrogens is 816 g/mol. The summed E-state index contributed by atoms with van der Waals surface area (Å²) < 4.78 is 18.3. The number of carbonyl (C=O) groups is 3. The summed E-state index contributed by atoms with van der Waals surface area (Å²) >= 11 is 3.55. The lowest BCUT2D eigenvalue weighted by atomic mass is 9.99. The Kier molecular flexibility index (Phi) is 17.8. The first-order valence-corrected chi connectivity index (χ1v) is 21.1. The molecule has 0 fully saturated rings. The zero-order valence-corrected chi connectivity index (χ0v) is 37.1. The SMILES string of the molecule is COc1cc2c(N[C@H](C)c3cccc(Br)c3)nc(C)nc2cc1OCCCCCCNC(=O)[C@H](CC(C)C)NC(=O)[C@@H](O)[C@@H](Cc1ccccc1)NC(=O)OC(C)(C)C. The third-order valence-electron chi connectivity index (χ3n) is 9.41. The Morgan fingerprint density at radius 3 is 2.27 bits per heavy atom. The van der Waals surface area contributed by atoms with Gasteiger partial charge in [0, 0.05) is 22.5 Å². The van der Waals surface area contributed by atoms with E-state index in [1.807, 2.05) is 75.4 Å². The molecule has 5 N–H and O–H groups in total. The summed E-state index contributed by atoms with van der Waals surface area (Å²) in [6.07, 6.45) is 1.42. The van der Waals surface area contributed by atoms with Crippen LogP contribution in [0.5, 0.6) is 11.5 Å². The van der Waals surface area contributed by atoms with E-state index in [0.717, 1.165) is 52.2 Å². The highest BCUT2D eigenvalue weighted by molar-refractivity contribution is 9.10. The van der Waals surface area contributed by atoms with Crippen molar-refractivity contribution in [1.82, 2.24) is 25.9 Å². The van der Waals surface area contributed by atoms with Crippen LogP contribution in [0.15, 0.2) is 71.2 Å². The Labute approximate surface area is 356 Å². The lowest BCUT2D eigenvalue weighted by Crippen LogP contribution is -2.56. The number of nitrogens with one attached hydrogen (secondary N) is 4. The van der Waals surface area contributed by atoms with Crippen molar-refractivity contribution in [3.8, 4) is 11.5 Å². The molecule has 4 aromatic rings. The van der Waals surface area contributed by atoms with E-state index in [2.05, 4.69) is 61.2 Å². The summed E-state index contributed by atoms with van der Waals surface area (Å²) in [6.45, 7) is 14.0. The topological polar surface area (TPSA) is 173 Å². The van der Waals surface area contributed by atoms with Crippen LogP contribution in [0.25, 0.3) is 10.9 Å². The molecule has 0 aliphatic heterocycles. The molecule has 0 aliphatic rings. The number of aromatic nitrogens is 2. The van der Waals surface area contributed by atoms with E-state index in [4.69, 9.17) is 19.2 Å². The second-order valence-electron chi connectivity index (χ2n) is 16.2. The van der Waals surface area contributed by atoms with Gasteiger partial charge >= 0.3 is 6.09 Å². The fraction of sp³-hybridized carbons (Fsp3) is 0.489. The van der Waals surface area contributed by atoms with Crippen molar-refractivity contribution in [3.05, 3.63) is 88.2 Å². The summed E-state index contributed by atoms with van der Waals surface area (Å²) in [7, 11) is 1.61. The molecule has 0 saturated carbocycles. The van der Waals surface area contributed by atoms with E-state index in [1.165, 1.54) is 0 Å². The van der Waals surface area contributed by atoms with Gasteiger partial charge in [-0.2, -0.15) is 0 Å². The Morgan fingerprint density at radius 2 is 1.59 bits per heavy atom. The lowest BCUT2D eigenvalue weighted by molar-refractivity contribution is -0.135. The van der Waals surface area contributed by atoms with Crippen LogP contribution < -0.4 is 30.7 Å². The minimum Gasteiger partial charge on any atom is -0.493 e. The van der Waals surface area contributed by atoms with Gasteiger partial charge in [0.15, 0.2) is 17.6 Å². The number of hydrogen-bond acceptors (Lipinski definition) is 10. The number of hydrogen-bond donors (Lipinski definition) is 5. The Balaban J connectivity index is 1.26. The second-order valence-corrected chi connectivity index (χ2v) is 17.1. The lowest BCUT2D eigenvalue weighted by Gasteiger charge is -2.28. The number of rotatable bonds is 21. The summed E-state index contributed by atoms with van der Waals surface area (Å²) in [4.78, 5) is 48.7. The number of nitrogens with zero attached hydrogens (tertiary/aromatic N) is 2. The van der Waals surface area contributed by atoms with Crippen LogP contribution in [-0.2, 0) is 20.7 Å². The number of ether oxygens (including phenoxy) is 3. The number of methoxy groups -OCH3 is 1. The predicted molar refractivity (Wildman–Crippen MR) is 235 cm³/mol. The zero-order chi connectivity index (χ0) is 43.1. The maximum absolute atomic E-state index is 13.4. The highest BCUT2D eigenvalue weighted by Crippen LogP contribution is 2.35. The number of unbranched alkanes of at least 4 members (excludes halogenated alkanes) is 3. The quantitative estimate of drug-likeness (QED) is 0.0517. The minimum atomic E-state index is -1.63. The molecule has 4 atom stereocenters. The van der Waals surface area contributed by atoms with E-state index in [1.54, 1.807) is 27.9 Å². The Hall–Kier alpha value is -4.95. The van der Waals surface area contributed by atoms with Crippen molar-refractivity contribution < 1.29 is 33.7 Å². The highest BCUT2D eigenvalue weighted by atomic mass is 79.9. The maximum atomic E-state index is 13.4. The van der Waals surface area contributed by atoms with Crippen LogP contribution in [-0.4, -0.2) is 77.0 Å². The van der Waals surface area contributed by atoms with E-state index in [0.29, 0.717) is 42.7 Å². The molecule has 0 aliphatic carbocycles. The molecule has 0 saturated heterocycles. The van der Waals surface area contributed by atoms with Crippen molar-refractivity contribution in [2.24, 2.45) is 5.92 Å². The third kappa shape index (κ3) is 15.3. The van der Waals surface area contributed by atoms with Crippen molar-refractivity contribution in [3.63, 3.8) is 0 Å². The number of benzene rings is 3. The van der Waals surface area contributed by atoms with Gasteiger partial charge < -0.3 is 40.6 Å². The molecule has 0 spiro atoms. The molecule has 59 heavy (non-hydrogen) atoms. The van der Waals surface area contributed by atoms with Gasteiger partial charge in [0.1, 0.15) is 23.3 Å². The fourth-order valence-electron chi connectivity index (χ4n) is 6.51. The van der Waals surface area contributed by atoms with Gasteiger partial charge in [-0.05, 0) is 95.5 Å². The third-order valence-corrected chi connectivity index (χ3v) is 9.91. The van der Waals surface area contributed by atoms with Gasteiger partial charge in [-0.3, -0.25) is 9.59 Å². The molecule has 14 heteroatoms. The van der Waals surface area contributed by atoms with Gasteiger partial charge in [0.05, 0.1) is 31.3 Å². The maximum Gasteiger partial charge on any atom is 0.407 e. The summed E-state index contributed by atoms with van der Waals surface area (Å²) in [6, 6.07) is 19.3. The number of aliphatic hydroxyl groups is 1. The van der Waals surface area contributed by atoms with E-state index in [9.17, 15) is 19.5 Å². The first kappa shape index (κ1) is 46.7. The first-order valence-electron chi connectivity index (χ1n) is 20.3. The molecule has 1 aromatic heterocycles. The highest BCUT2D eigenvalue weighted by Gasteiger charge is 2.32. The van der Waals surface area contributed by atoms with Crippen molar-refractivity contribution in [2.75, 3.05) is 25.6 Å². The molecule has 0 unspecified atom stereocenters. The van der Waals surface area contributed by atoms with Crippen molar-refractivity contribution >= 4 is 50.6 Å². The smallest absolute Gasteiger partial charge is 0.407 e. The monoisotopic (exact) mass is 876 g/mol. The van der Waals surface area contributed by atoms with Gasteiger partial charge in [0.2, 0.25) is 5.91 Å². The minimum absolute atomic E-state index is 0.00125. The van der Waals surface area contributed by atoms with E-state index >= 15 is 0 Å². The largest absolute Gasteiger partial charge is 0.493 e. The summed E-state index contributed by atoms with van der Waals surface area (Å²) in [5.41, 5.74) is 1.91. The van der Waals surface area contributed by atoms with Crippen LogP contribution in [0.2, 0.25) is 0 Å². The second kappa shape index (κ2) is 22.4. The average molecular weight is 878 g/mol. The summed E-state index contributed by atoms with van der Waals surface area (Å²) in [5, 5.41) is 23.9. The number of alkyl carbamates (subject to hydrolysis) is 1. The van der Waals surface area contributed by atoms with Crippen LogP contribution >= 0.6 is 15.9 Å². The number of halogens is 1. The number of carbonyl (C=O) groups excluding carboxylic acids is 3. The van der Waals surface area contributed by atoms with Crippen LogP contribution in [0.3, 0.4) is 0 Å². The molecule has 3 aromatic carbocycles. The molecule has 1 heterocycles. The molecule has 0 radical (unpaired) electrons. The molecular formula is C45H61BrN6O7. The van der Waals surface area contributed by atoms with Gasteiger partial charge in [0.25, 0.3) is 5.91 Å². The zero-order valence-electron chi connectivity index (χ0n) is 35.6. The Bertz CT molecular complexity index is 1990. The van der Waals surface area contributed by atoms with Gasteiger partial charge in [-0.25, -0.2) is 14.8 Å². The number of amides is 3. The fourth-order valence-corrected chi connectivity index (χ4v) is 6.93. The Morgan fingerprint density at radius 1 is 0.864 bits per heavy atom. The van der Waals surface area contributed by atoms with Gasteiger partial charge in [-0.15, -0.1) is 0 Å². The normalized spacial score (nSPS) is 13.5. The van der Waals surface area contributed by atoms with Crippen molar-refractivity contribution in [2.45, 2.75) is 117 Å². The van der Waals surface area contributed by atoms with Crippen molar-refractivity contribution in [1.29, 1.82) is 0 Å². The molecule has 4 rings (SSSR count).